The summed E-state index contributed by atoms with van der Waals surface area (Å²) in [6.07, 6.45) is 1.39. The predicted octanol–water partition coefficient (Wildman–Crippen LogP) is 3.38. The average Bonchev–Trinajstić information content (AvgIpc) is 2.18. The van der Waals surface area contributed by atoms with E-state index in [4.69, 9.17) is 23.2 Å². The van der Waals surface area contributed by atoms with Crippen LogP contribution in [0.1, 0.15) is 6.92 Å². The van der Waals surface area contributed by atoms with Gasteiger partial charge in [0.25, 0.3) is 0 Å². The van der Waals surface area contributed by atoms with Gasteiger partial charge in [-0.15, -0.1) is 0 Å². The Bertz CT molecular complexity index is 360. The predicted molar refractivity (Wildman–Crippen MR) is 64.3 cm³/mol. The smallest absolute Gasteiger partial charge is 0.190 e. The molecule has 0 atom stereocenters. The largest absolute Gasteiger partial charge is 0.359 e. The number of carbonyl (C=O) groups is 1. The summed E-state index contributed by atoms with van der Waals surface area (Å²) in [5, 5.41) is 3.05. The number of halogens is 2. The van der Waals surface area contributed by atoms with Gasteiger partial charge < -0.3 is 5.32 Å². The van der Waals surface area contributed by atoms with Crippen LogP contribution in [-0.4, -0.2) is 10.6 Å². The minimum atomic E-state index is -1.00. The quantitative estimate of drug-likeness (QED) is 0.649. The van der Waals surface area contributed by atoms with Crippen LogP contribution in [0.4, 0.5) is 5.69 Å². The Morgan fingerprint density at radius 1 is 1.33 bits per heavy atom. The fourth-order valence-corrected chi connectivity index (χ4v) is 1.19. The zero-order valence-corrected chi connectivity index (χ0v) is 9.72. The van der Waals surface area contributed by atoms with Gasteiger partial charge in [-0.3, -0.25) is 4.79 Å². The Kier molecular flexibility index (Phi) is 4.66. The van der Waals surface area contributed by atoms with Crippen LogP contribution in [0.15, 0.2) is 42.1 Å². The van der Waals surface area contributed by atoms with E-state index in [2.05, 4.69) is 5.32 Å². The van der Waals surface area contributed by atoms with E-state index in [1.807, 2.05) is 30.3 Å². The van der Waals surface area contributed by atoms with Crippen molar-refractivity contribution in [1.82, 2.24) is 0 Å². The van der Waals surface area contributed by atoms with Gasteiger partial charge in [-0.25, -0.2) is 0 Å². The molecule has 1 aromatic carbocycles. The van der Waals surface area contributed by atoms with E-state index in [1.165, 1.54) is 6.08 Å². The number of carbonyl (C=O) groups excluding carboxylic acids is 1. The maximum absolute atomic E-state index is 11.2. The van der Waals surface area contributed by atoms with Gasteiger partial charge in [-0.05, 0) is 19.1 Å². The highest BCUT2D eigenvalue weighted by Crippen LogP contribution is 2.10. The molecular weight excluding hydrogens is 233 g/mol. The summed E-state index contributed by atoms with van der Waals surface area (Å²) in [5.74, 6) is -0.320. The van der Waals surface area contributed by atoms with Crippen LogP contribution >= 0.6 is 23.2 Å². The van der Waals surface area contributed by atoms with Gasteiger partial charge in [0, 0.05) is 17.5 Å². The molecule has 0 amide bonds. The van der Waals surface area contributed by atoms with Crippen molar-refractivity contribution in [3.8, 4) is 0 Å². The number of hydrogen-bond donors (Lipinski definition) is 1. The first kappa shape index (κ1) is 12.1. The second kappa shape index (κ2) is 5.79. The zero-order chi connectivity index (χ0) is 11.3. The molecule has 1 aromatic rings. The standard InChI is InChI=1S/C11H11Cl2NO/c1-8(7-10(15)11(12)13)14-9-5-3-2-4-6-9/h2-7,11,14H,1H3/b8-7-. The molecule has 0 aliphatic rings. The molecule has 15 heavy (non-hydrogen) atoms. The number of allylic oxidation sites excluding steroid dienone is 2. The number of benzene rings is 1. The second-order valence-corrected chi connectivity index (χ2v) is 4.12. The highest BCUT2D eigenvalue weighted by Gasteiger charge is 2.08. The van der Waals surface area contributed by atoms with E-state index < -0.39 is 4.84 Å². The van der Waals surface area contributed by atoms with E-state index in [1.54, 1.807) is 6.92 Å². The van der Waals surface area contributed by atoms with Crippen molar-refractivity contribution >= 4 is 34.7 Å². The summed E-state index contributed by atoms with van der Waals surface area (Å²) < 4.78 is 0. The van der Waals surface area contributed by atoms with Gasteiger partial charge in [0.1, 0.15) is 0 Å². The van der Waals surface area contributed by atoms with Crippen LogP contribution in [-0.2, 0) is 4.79 Å². The molecule has 0 unspecified atom stereocenters. The van der Waals surface area contributed by atoms with E-state index in [0.717, 1.165) is 5.69 Å². The SMILES string of the molecule is C/C(=C/C(=O)C(Cl)Cl)Nc1ccccc1. The number of alkyl halides is 2. The van der Waals surface area contributed by atoms with E-state index >= 15 is 0 Å². The van der Waals surface area contributed by atoms with Crippen LogP contribution < -0.4 is 5.32 Å². The molecular formula is C11H11Cl2NO. The van der Waals surface area contributed by atoms with Gasteiger partial charge in [0.15, 0.2) is 10.6 Å². The molecule has 0 spiro atoms. The van der Waals surface area contributed by atoms with E-state index in [9.17, 15) is 4.79 Å². The van der Waals surface area contributed by atoms with Crippen LogP contribution in [0.25, 0.3) is 0 Å². The van der Waals surface area contributed by atoms with Crippen molar-refractivity contribution in [2.45, 2.75) is 11.8 Å². The maximum Gasteiger partial charge on any atom is 0.190 e. The van der Waals surface area contributed by atoms with E-state index in [0.29, 0.717) is 5.70 Å². The Labute approximate surface area is 98.9 Å². The van der Waals surface area contributed by atoms with Crippen LogP contribution in [0.2, 0.25) is 0 Å². The van der Waals surface area contributed by atoms with Gasteiger partial charge in [0.2, 0.25) is 0 Å². The summed E-state index contributed by atoms with van der Waals surface area (Å²) in [4.78, 5) is 10.2. The fourth-order valence-electron chi connectivity index (χ4n) is 1.06. The summed E-state index contributed by atoms with van der Waals surface area (Å²) in [7, 11) is 0. The third-order valence-electron chi connectivity index (χ3n) is 1.69. The molecule has 0 saturated carbocycles. The summed E-state index contributed by atoms with van der Waals surface area (Å²) in [6, 6.07) is 9.54. The normalized spacial score (nSPS) is 11.6. The summed E-state index contributed by atoms with van der Waals surface area (Å²) in [6.45, 7) is 1.78. The van der Waals surface area contributed by atoms with Crippen molar-refractivity contribution in [3.05, 3.63) is 42.1 Å². The number of rotatable bonds is 4. The Morgan fingerprint density at radius 2 is 1.93 bits per heavy atom. The summed E-state index contributed by atoms with van der Waals surface area (Å²) in [5.41, 5.74) is 1.62. The number of ketones is 1. The average molecular weight is 244 g/mol. The molecule has 80 valence electrons. The maximum atomic E-state index is 11.2. The minimum absolute atomic E-state index is 0.320. The first-order chi connectivity index (χ1) is 7.09. The highest BCUT2D eigenvalue weighted by molar-refractivity contribution is 6.54. The molecule has 0 heterocycles. The van der Waals surface area contributed by atoms with Gasteiger partial charge in [0.05, 0.1) is 0 Å². The van der Waals surface area contributed by atoms with Crippen molar-refractivity contribution in [1.29, 1.82) is 0 Å². The molecule has 0 saturated heterocycles. The van der Waals surface area contributed by atoms with Gasteiger partial charge in [-0.2, -0.15) is 0 Å². The molecule has 2 nitrogen and oxygen atoms in total. The van der Waals surface area contributed by atoms with Gasteiger partial charge in [-0.1, -0.05) is 41.4 Å². The Hall–Kier alpha value is -0.990. The molecule has 0 aliphatic carbocycles. The molecule has 0 aromatic heterocycles. The number of hydrogen-bond acceptors (Lipinski definition) is 2. The Morgan fingerprint density at radius 3 is 2.47 bits per heavy atom. The highest BCUT2D eigenvalue weighted by atomic mass is 35.5. The third-order valence-corrected chi connectivity index (χ3v) is 2.12. The van der Waals surface area contributed by atoms with E-state index in [-0.39, 0.29) is 5.78 Å². The summed E-state index contributed by atoms with van der Waals surface area (Å²) >= 11 is 10.8. The number of anilines is 1. The molecule has 0 fully saturated rings. The number of nitrogens with one attached hydrogen (secondary N) is 1. The molecule has 0 radical (unpaired) electrons. The monoisotopic (exact) mass is 243 g/mol. The first-order valence-electron chi connectivity index (χ1n) is 4.42. The lowest BCUT2D eigenvalue weighted by atomic mass is 10.3. The van der Waals surface area contributed by atoms with Crippen LogP contribution in [0.5, 0.6) is 0 Å². The fraction of sp³-hybridized carbons (Fsp3) is 0.182. The molecule has 1 N–H and O–H groups in total. The molecule has 4 heteroatoms. The van der Waals surface area contributed by atoms with Crippen molar-refractivity contribution in [3.63, 3.8) is 0 Å². The first-order valence-corrected chi connectivity index (χ1v) is 5.29. The Balaban J connectivity index is 2.63. The minimum Gasteiger partial charge on any atom is -0.359 e. The number of para-hydroxylation sites is 1. The molecule has 0 aliphatic heterocycles. The molecule has 1 rings (SSSR count). The lowest BCUT2D eigenvalue weighted by molar-refractivity contribution is -0.113. The van der Waals surface area contributed by atoms with Crippen molar-refractivity contribution in [2.24, 2.45) is 0 Å². The van der Waals surface area contributed by atoms with Crippen molar-refractivity contribution < 1.29 is 4.79 Å². The van der Waals surface area contributed by atoms with Crippen LogP contribution in [0.3, 0.4) is 0 Å². The topological polar surface area (TPSA) is 29.1 Å². The molecule has 0 bridgehead atoms. The van der Waals surface area contributed by atoms with Crippen molar-refractivity contribution in [2.75, 3.05) is 5.32 Å². The zero-order valence-electron chi connectivity index (χ0n) is 8.21. The third kappa shape index (κ3) is 4.36. The van der Waals surface area contributed by atoms with Gasteiger partial charge >= 0.3 is 0 Å². The lowest BCUT2D eigenvalue weighted by Gasteiger charge is -2.05. The van der Waals surface area contributed by atoms with Crippen LogP contribution in [0, 0.1) is 0 Å². The second-order valence-electron chi connectivity index (χ2n) is 3.02. The lowest BCUT2D eigenvalue weighted by Crippen LogP contribution is -2.06.